The van der Waals surface area contributed by atoms with Crippen LogP contribution in [0.15, 0.2) is 29.0 Å². The molecule has 5 nitrogen and oxygen atoms in total. The number of rotatable bonds is 1. The minimum Gasteiger partial charge on any atom is -0.443 e. The van der Waals surface area contributed by atoms with Crippen LogP contribution in [-0.2, 0) is 7.05 Å². The van der Waals surface area contributed by atoms with Gasteiger partial charge in [0.2, 0.25) is 0 Å². The third kappa shape index (κ3) is 1.39. The number of aryl methyl sites for hydroxylation is 1. The molecule has 0 saturated heterocycles. The largest absolute Gasteiger partial charge is 0.443 e. The van der Waals surface area contributed by atoms with Crippen LogP contribution in [0.2, 0.25) is 0 Å². The molecular formula is C13H10N4O. The Balaban J connectivity index is 2.28. The third-order valence-electron chi connectivity index (χ3n) is 3.03. The number of benzene rings is 1. The lowest BCUT2D eigenvalue weighted by atomic mass is 10.1. The molecule has 0 N–H and O–H groups in total. The Labute approximate surface area is 103 Å². The van der Waals surface area contributed by atoms with Gasteiger partial charge >= 0.3 is 0 Å². The molecule has 5 heteroatoms. The summed E-state index contributed by atoms with van der Waals surface area (Å²) in [5.74, 6) is 0.805. The Morgan fingerprint density at radius 1 is 1.39 bits per heavy atom. The van der Waals surface area contributed by atoms with Gasteiger partial charge in [-0.1, -0.05) is 6.07 Å². The quantitative estimate of drug-likeness (QED) is 0.652. The number of hydrogen-bond acceptors (Lipinski definition) is 4. The number of nitrogens with zero attached hydrogens (tertiary/aromatic N) is 4. The second kappa shape index (κ2) is 3.70. The van der Waals surface area contributed by atoms with Crippen LogP contribution in [-0.4, -0.2) is 14.5 Å². The molecule has 1 aromatic carbocycles. The number of hydrogen-bond donors (Lipinski definition) is 0. The molecule has 0 aliphatic rings. The van der Waals surface area contributed by atoms with Crippen LogP contribution >= 0.6 is 0 Å². The minimum atomic E-state index is 0.425. The van der Waals surface area contributed by atoms with Crippen molar-refractivity contribution < 1.29 is 4.42 Å². The SMILES string of the molecule is Cc1nc(C#N)c(-c2ccc3ncoc3c2)n1C. The van der Waals surface area contributed by atoms with E-state index in [1.807, 2.05) is 36.7 Å². The Morgan fingerprint density at radius 3 is 3.00 bits per heavy atom. The first kappa shape index (κ1) is 10.5. The van der Waals surface area contributed by atoms with Crippen LogP contribution < -0.4 is 0 Å². The summed E-state index contributed by atoms with van der Waals surface area (Å²) in [6.45, 7) is 1.87. The molecule has 0 amide bonds. The zero-order chi connectivity index (χ0) is 12.7. The smallest absolute Gasteiger partial charge is 0.181 e. The van der Waals surface area contributed by atoms with Crippen LogP contribution in [0, 0.1) is 18.3 Å². The average molecular weight is 238 g/mol. The Hall–Kier alpha value is -2.61. The van der Waals surface area contributed by atoms with Gasteiger partial charge in [-0.05, 0) is 19.1 Å². The molecule has 0 fully saturated rings. The Bertz CT molecular complexity index is 776. The highest BCUT2D eigenvalue weighted by atomic mass is 16.3. The minimum absolute atomic E-state index is 0.425. The zero-order valence-corrected chi connectivity index (χ0v) is 10.0. The second-order valence-corrected chi connectivity index (χ2v) is 4.06. The Morgan fingerprint density at radius 2 is 2.22 bits per heavy atom. The van der Waals surface area contributed by atoms with Crippen LogP contribution in [0.4, 0.5) is 0 Å². The van der Waals surface area contributed by atoms with Gasteiger partial charge in [0, 0.05) is 12.6 Å². The second-order valence-electron chi connectivity index (χ2n) is 4.06. The normalized spacial score (nSPS) is 10.7. The van der Waals surface area contributed by atoms with Gasteiger partial charge in [0.15, 0.2) is 17.7 Å². The van der Waals surface area contributed by atoms with Gasteiger partial charge in [-0.3, -0.25) is 0 Å². The van der Waals surface area contributed by atoms with Crippen molar-refractivity contribution in [3.05, 3.63) is 36.1 Å². The van der Waals surface area contributed by atoms with E-state index in [0.717, 1.165) is 22.6 Å². The predicted molar refractivity (Wildman–Crippen MR) is 65.7 cm³/mol. The van der Waals surface area contributed by atoms with Crippen molar-refractivity contribution in [2.45, 2.75) is 6.92 Å². The molecular weight excluding hydrogens is 228 g/mol. The fourth-order valence-electron chi connectivity index (χ4n) is 2.02. The highest BCUT2D eigenvalue weighted by Gasteiger charge is 2.14. The molecule has 0 saturated carbocycles. The van der Waals surface area contributed by atoms with Crippen LogP contribution in [0.3, 0.4) is 0 Å². The van der Waals surface area contributed by atoms with Crippen molar-refractivity contribution in [3.8, 4) is 17.3 Å². The molecule has 0 spiro atoms. The van der Waals surface area contributed by atoms with Gasteiger partial charge in [0.05, 0.1) is 5.69 Å². The van der Waals surface area contributed by atoms with E-state index in [-0.39, 0.29) is 0 Å². The molecule has 0 aliphatic carbocycles. The highest BCUT2D eigenvalue weighted by Crippen LogP contribution is 2.26. The lowest BCUT2D eigenvalue weighted by Gasteiger charge is -2.03. The van der Waals surface area contributed by atoms with Crippen molar-refractivity contribution in [1.29, 1.82) is 5.26 Å². The van der Waals surface area contributed by atoms with Gasteiger partial charge in [0.1, 0.15) is 17.4 Å². The van der Waals surface area contributed by atoms with E-state index in [2.05, 4.69) is 16.0 Å². The first-order valence-electron chi connectivity index (χ1n) is 5.47. The first-order chi connectivity index (χ1) is 8.70. The summed E-state index contributed by atoms with van der Waals surface area (Å²) < 4.78 is 7.18. The van der Waals surface area contributed by atoms with E-state index in [1.165, 1.54) is 6.39 Å². The van der Waals surface area contributed by atoms with E-state index >= 15 is 0 Å². The summed E-state index contributed by atoms with van der Waals surface area (Å²) in [4.78, 5) is 8.30. The topological polar surface area (TPSA) is 67.6 Å². The number of aromatic nitrogens is 3. The summed E-state index contributed by atoms with van der Waals surface area (Å²) in [6, 6.07) is 7.79. The van der Waals surface area contributed by atoms with Crippen molar-refractivity contribution in [2.24, 2.45) is 7.05 Å². The molecule has 2 heterocycles. The van der Waals surface area contributed by atoms with Gasteiger partial charge < -0.3 is 8.98 Å². The number of fused-ring (bicyclic) bond motifs is 1. The molecule has 0 radical (unpaired) electrons. The maximum absolute atomic E-state index is 9.13. The molecule has 88 valence electrons. The monoisotopic (exact) mass is 238 g/mol. The van der Waals surface area contributed by atoms with Gasteiger partial charge in [-0.15, -0.1) is 0 Å². The van der Waals surface area contributed by atoms with E-state index in [9.17, 15) is 0 Å². The lowest BCUT2D eigenvalue weighted by molar-refractivity contribution is 0.602. The van der Waals surface area contributed by atoms with Gasteiger partial charge in [0.25, 0.3) is 0 Å². The molecule has 3 rings (SSSR count). The van der Waals surface area contributed by atoms with E-state index in [4.69, 9.17) is 9.68 Å². The average Bonchev–Trinajstić information content (AvgIpc) is 2.94. The predicted octanol–water partition coefficient (Wildman–Crippen LogP) is 2.41. The highest BCUT2D eigenvalue weighted by molar-refractivity contribution is 5.80. The maximum Gasteiger partial charge on any atom is 0.181 e. The van der Waals surface area contributed by atoms with Crippen LogP contribution in [0.5, 0.6) is 0 Å². The summed E-state index contributed by atoms with van der Waals surface area (Å²) in [7, 11) is 1.89. The van der Waals surface area contributed by atoms with Gasteiger partial charge in [-0.2, -0.15) is 5.26 Å². The Kier molecular flexibility index (Phi) is 2.17. The van der Waals surface area contributed by atoms with E-state index in [0.29, 0.717) is 11.3 Å². The fraction of sp³-hybridized carbons (Fsp3) is 0.154. The molecule has 0 unspecified atom stereocenters. The van der Waals surface area contributed by atoms with Crippen molar-refractivity contribution in [3.63, 3.8) is 0 Å². The van der Waals surface area contributed by atoms with Crippen LogP contribution in [0.1, 0.15) is 11.5 Å². The first-order valence-corrected chi connectivity index (χ1v) is 5.47. The van der Waals surface area contributed by atoms with E-state index in [1.54, 1.807) is 0 Å². The summed E-state index contributed by atoms with van der Waals surface area (Å²) in [6.07, 6.45) is 1.41. The third-order valence-corrected chi connectivity index (χ3v) is 3.03. The molecule has 3 aromatic rings. The molecule has 18 heavy (non-hydrogen) atoms. The number of oxazole rings is 1. The number of imidazole rings is 1. The van der Waals surface area contributed by atoms with Gasteiger partial charge in [-0.25, -0.2) is 9.97 Å². The summed E-state index contributed by atoms with van der Waals surface area (Å²) in [5.41, 5.74) is 3.63. The maximum atomic E-state index is 9.13. The molecule has 0 bridgehead atoms. The fourth-order valence-corrected chi connectivity index (χ4v) is 2.02. The molecule has 2 aromatic heterocycles. The summed E-state index contributed by atoms with van der Waals surface area (Å²) >= 11 is 0. The van der Waals surface area contributed by atoms with Crippen molar-refractivity contribution >= 4 is 11.1 Å². The van der Waals surface area contributed by atoms with Crippen LogP contribution in [0.25, 0.3) is 22.4 Å². The zero-order valence-electron chi connectivity index (χ0n) is 10.0. The van der Waals surface area contributed by atoms with Crippen molar-refractivity contribution in [2.75, 3.05) is 0 Å². The van der Waals surface area contributed by atoms with Crippen molar-refractivity contribution in [1.82, 2.24) is 14.5 Å². The summed E-state index contributed by atoms with van der Waals surface area (Å²) in [5, 5.41) is 9.13. The number of nitriles is 1. The standard InChI is InChI=1S/C13H10N4O/c1-8-16-11(6-14)13(17(8)2)9-3-4-10-12(5-9)18-7-15-10/h3-5,7H,1-2H3. The molecule has 0 aliphatic heterocycles. The lowest BCUT2D eigenvalue weighted by Crippen LogP contribution is -1.94. The van der Waals surface area contributed by atoms with E-state index < -0.39 is 0 Å². The molecule has 0 atom stereocenters.